The van der Waals surface area contributed by atoms with Gasteiger partial charge in [0.05, 0.1) is 11.6 Å². The van der Waals surface area contributed by atoms with E-state index in [0.717, 1.165) is 5.56 Å². The number of hydrogen-bond donors (Lipinski definition) is 1. The molecule has 1 N–H and O–H groups in total. The molecule has 0 saturated carbocycles. The van der Waals surface area contributed by atoms with E-state index in [1.54, 1.807) is 36.4 Å². The van der Waals surface area contributed by atoms with Crippen LogP contribution in [-0.2, 0) is 9.59 Å². The fraction of sp³-hybridized carbons (Fsp3) is 0.261. The van der Waals surface area contributed by atoms with Gasteiger partial charge in [0, 0.05) is 17.3 Å². The Morgan fingerprint density at radius 3 is 2.61 bits per heavy atom. The van der Waals surface area contributed by atoms with Crippen molar-refractivity contribution >= 4 is 51.8 Å². The SMILES string of the molecule is CCC(C)C(/N=C/c1cc(Br)c(OC(=O)/C=C/c2cccc(Cl)c2)c(OC)c1)C(=O)O. The average Bonchev–Trinajstić information content (AvgIpc) is 2.73. The Balaban J connectivity index is 2.21. The molecule has 0 heterocycles. The highest BCUT2D eigenvalue weighted by Crippen LogP contribution is 2.36. The fourth-order valence-corrected chi connectivity index (χ4v) is 3.41. The summed E-state index contributed by atoms with van der Waals surface area (Å²) in [6.07, 6.45) is 5.05. The lowest BCUT2D eigenvalue weighted by atomic mass is 10.00. The molecule has 0 saturated heterocycles. The van der Waals surface area contributed by atoms with Crippen LogP contribution in [0.5, 0.6) is 11.5 Å². The predicted molar refractivity (Wildman–Crippen MR) is 125 cm³/mol. The number of hydrogen-bond acceptors (Lipinski definition) is 5. The Morgan fingerprint density at radius 2 is 2.00 bits per heavy atom. The van der Waals surface area contributed by atoms with Gasteiger partial charge in [-0.2, -0.15) is 0 Å². The van der Waals surface area contributed by atoms with Crippen LogP contribution in [0.2, 0.25) is 5.02 Å². The summed E-state index contributed by atoms with van der Waals surface area (Å²) < 4.78 is 11.2. The molecule has 8 heteroatoms. The second-order valence-corrected chi connectivity index (χ2v) is 8.08. The lowest BCUT2D eigenvalue weighted by Crippen LogP contribution is -2.25. The van der Waals surface area contributed by atoms with E-state index >= 15 is 0 Å². The smallest absolute Gasteiger partial charge is 0.336 e. The molecule has 2 unspecified atom stereocenters. The van der Waals surface area contributed by atoms with Crippen molar-refractivity contribution in [2.75, 3.05) is 7.11 Å². The van der Waals surface area contributed by atoms with Crippen molar-refractivity contribution in [1.82, 2.24) is 0 Å². The average molecular weight is 509 g/mol. The van der Waals surface area contributed by atoms with E-state index in [-0.39, 0.29) is 11.7 Å². The number of rotatable bonds is 9. The number of carboxylic acid groups (broad SMARTS) is 1. The van der Waals surface area contributed by atoms with E-state index in [1.165, 1.54) is 19.4 Å². The van der Waals surface area contributed by atoms with Gasteiger partial charge in [-0.1, -0.05) is 44.0 Å². The third-order valence-corrected chi connectivity index (χ3v) is 5.36. The molecule has 2 atom stereocenters. The number of benzene rings is 2. The van der Waals surface area contributed by atoms with Crippen molar-refractivity contribution in [2.24, 2.45) is 10.9 Å². The molecule has 0 aliphatic rings. The van der Waals surface area contributed by atoms with Crippen molar-refractivity contribution in [3.05, 3.63) is 63.1 Å². The highest BCUT2D eigenvalue weighted by molar-refractivity contribution is 9.10. The van der Waals surface area contributed by atoms with Crippen LogP contribution >= 0.6 is 27.5 Å². The molecule has 31 heavy (non-hydrogen) atoms. The molecule has 0 aliphatic heterocycles. The highest BCUT2D eigenvalue weighted by Gasteiger charge is 2.22. The zero-order valence-corrected chi connectivity index (χ0v) is 19.7. The van der Waals surface area contributed by atoms with Crippen LogP contribution in [-0.4, -0.2) is 36.4 Å². The van der Waals surface area contributed by atoms with E-state index in [1.807, 2.05) is 19.9 Å². The Morgan fingerprint density at radius 1 is 1.26 bits per heavy atom. The van der Waals surface area contributed by atoms with E-state index < -0.39 is 18.0 Å². The van der Waals surface area contributed by atoms with Crippen LogP contribution < -0.4 is 9.47 Å². The molecule has 0 aromatic heterocycles. The minimum atomic E-state index is -0.978. The molecule has 0 fully saturated rings. The minimum Gasteiger partial charge on any atom is -0.493 e. The molecule has 0 bridgehead atoms. The second-order valence-electron chi connectivity index (χ2n) is 6.79. The van der Waals surface area contributed by atoms with Gasteiger partial charge in [0.15, 0.2) is 11.5 Å². The molecule has 0 spiro atoms. The number of carbonyl (C=O) groups is 2. The molecular weight excluding hydrogens is 486 g/mol. The first-order valence-electron chi connectivity index (χ1n) is 9.54. The Hall–Kier alpha value is -2.64. The summed E-state index contributed by atoms with van der Waals surface area (Å²) >= 11 is 9.31. The van der Waals surface area contributed by atoms with Crippen LogP contribution in [0, 0.1) is 5.92 Å². The number of esters is 1. The topological polar surface area (TPSA) is 85.2 Å². The van der Waals surface area contributed by atoms with Crippen molar-refractivity contribution in [3.8, 4) is 11.5 Å². The molecule has 0 aliphatic carbocycles. The van der Waals surface area contributed by atoms with E-state index in [2.05, 4.69) is 20.9 Å². The number of halogens is 2. The molecule has 2 rings (SSSR count). The largest absolute Gasteiger partial charge is 0.493 e. The zero-order valence-electron chi connectivity index (χ0n) is 17.3. The fourth-order valence-electron chi connectivity index (χ4n) is 2.67. The number of aliphatic imine (C=N–C) groups is 1. The van der Waals surface area contributed by atoms with Gasteiger partial charge in [-0.05, 0) is 63.3 Å². The van der Waals surface area contributed by atoms with Gasteiger partial charge in [-0.3, -0.25) is 4.99 Å². The summed E-state index contributed by atoms with van der Waals surface area (Å²) in [5, 5.41) is 9.95. The molecule has 2 aromatic rings. The third-order valence-electron chi connectivity index (χ3n) is 4.54. The van der Waals surface area contributed by atoms with Crippen LogP contribution in [0.1, 0.15) is 31.4 Å². The Kier molecular flexibility index (Phi) is 9.27. The van der Waals surface area contributed by atoms with Gasteiger partial charge in [-0.25, -0.2) is 9.59 Å². The van der Waals surface area contributed by atoms with Crippen LogP contribution in [0.4, 0.5) is 0 Å². The molecule has 0 amide bonds. The molecule has 2 aromatic carbocycles. The first-order valence-corrected chi connectivity index (χ1v) is 10.7. The summed E-state index contributed by atoms with van der Waals surface area (Å²) in [6, 6.07) is 9.50. The highest BCUT2D eigenvalue weighted by atomic mass is 79.9. The number of nitrogens with zero attached hydrogens (tertiary/aromatic N) is 1. The first-order chi connectivity index (χ1) is 14.7. The van der Waals surface area contributed by atoms with Gasteiger partial charge < -0.3 is 14.6 Å². The van der Waals surface area contributed by atoms with Crippen molar-refractivity contribution in [2.45, 2.75) is 26.3 Å². The number of methoxy groups -OCH3 is 1. The molecule has 6 nitrogen and oxygen atoms in total. The Bertz CT molecular complexity index is 1010. The van der Waals surface area contributed by atoms with Gasteiger partial charge in [0.25, 0.3) is 0 Å². The van der Waals surface area contributed by atoms with Gasteiger partial charge in [0.2, 0.25) is 0 Å². The lowest BCUT2D eigenvalue weighted by Gasteiger charge is -2.14. The van der Waals surface area contributed by atoms with Gasteiger partial charge in [-0.15, -0.1) is 0 Å². The lowest BCUT2D eigenvalue weighted by molar-refractivity contribution is -0.139. The summed E-state index contributed by atoms with van der Waals surface area (Å²) in [4.78, 5) is 27.9. The maximum Gasteiger partial charge on any atom is 0.336 e. The maximum absolute atomic E-state index is 12.3. The quantitative estimate of drug-likeness (QED) is 0.205. The number of carbonyl (C=O) groups excluding carboxylic acids is 1. The molecule has 164 valence electrons. The Labute approximate surface area is 194 Å². The van der Waals surface area contributed by atoms with Gasteiger partial charge in [0.1, 0.15) is 6.04 Å². The van der Waals surface area contributed by atoms with Gasteiger partial charge >= 0.3 is 11.9 Å². The van der Waals surface area contributed by atoms with Crippen molar-refractivity contribution in [3.63, 3.8) is 0 Å². The standard InChI is InChI=1S/C23H23BrClNO5/c1-4-14(2)21(23(28)29)26-13-16-11-18(24)22(19(12-16)30-3)31-20(27)9-8-15-6-5-7-17(25)10-15/h5-14,21H,4H2,1-3H3,(H,28,29)/b9-8+,26-13+. The normalized spacial score (nSPS) is 13.3. The van der Waals surface area contributed by atoms with Crippen molar-refractivity contribution in [1.29, 1.82) is 0 Å². The second kappa shape index (κ2) is 11.7. The molecule has 0 radical (unpaired) electrons. The van der Waals surface area contributed by atoms with Crippen LogP contribution in [0.25, 0.3) is 6.08 Å². The summed E-state index contributed by atoms with van der Waals surface area (Å²) in [5.74, 6) is -1.17. The van der Waals surface area contributed by atoms with Crippen molar-refractivity contribution < 1.29 is 24.2 Å². The van der Waals surface area contributed by atoms with E-state index in [4.69, 9.17) is 21.1 Å². The summed E-state index contributed by atoms with van der Waals surface area (Å²) in [7, 11) is 1.45. The summed E-state index contributed by atoms with van der Waals surface area (Å²) in [6.45, 7) is 3.76. The predicted octanol–water partition coefficient (Wildman–Crippen LogP) is 5.65. The number of carboxylic acids is 1. The third kappa shape index (κ3) is 7.22. The first kappa shape index (κ1) is 24.6. The number of ether oxygens (including phenoxy) is 2. The number of aliphatic carboxylic acids is 1. The minimum absolute atomic E-state index is 0.106. The van der Waals surface area contributed by atoms with Crippen LogP contribution in [0.15, 0.2) is 51.9 Å². The monoisotopic (exact) mass is 507 g/mol. The van der Waals surface area contributed by atoms with Crippen LogP contribution in [0.3, 0.4) is 0 Å². The van der Waals surface area contributed by atoms with E-state index in [0.29, 0.717) is 27.2 Å². The maximum atomic E-state index is 12.3. The van der Waals surface area contributed by atoms with E-state index in [9.17, 15) is 14.7 Å². The summed E-state index contributed by atoms with van der Waals surface area (Å²) in [5.41, 5.74) is 1.36. The zero-order chi connectivity index (χ0) is 23.0. The molecular formula is C23H23BrClNO5.